The van der Waals surface area contributed by atoms with Crippen LogP contribution in [-0.4, -0.2) is 9.38 Å². The van der Waals surface area contributed by atoms with E-state index in [4.69, 9.17) is 0 Å². The lowest BCUT2D eigenvalue weighted by Crippen LogP contribution is -2.29. The average molecular weight is 371 g/mol. The van der Waals surface area contributed by atoms with Gasteiger partial charge in [-0.05, 0) is 49.8 Å². The summed E-state index contributed by atoms with van der Waals surface area (Å²) in [6, 6.07) is 2.29. The molecule has 1 atom stereocenters. The molecule has 5 rings (SSSR count). The van der Waals surface area contributed by atoms with Gasteiger partial charge in [-0.2, -0.15) is 0 Å². The van der Waals surface area contributed by atoms with Crippen molar-refractivity contribution in [2.45, 2.75) is 45.2 Å². The highest BCUT2D eigenvalue weighted by molar-refractivity contribution is 7.15. The van der Waals surface area contributed by atoms with Crippen LogP contribution < -0.4 is 16.6 Å². The number of nitrogens with zero attached hydrogens (tertiary/aromatic N) is 1. The van der Waals surface area contributed by atoms with Crippen molar-refractivity contribution in [1.29, 1.82) is 0 Å². The monoisotopic (exact) mass is 371 g/mol. The van der Waals surface area contributed by atoms with Crippen molar-refractivity contribution >= 4 is 16.9 Å². The van der Waals surface area contributed by atoms with Gasteiger partial charge >= 0.3 is 5.69 Å². The van der Waals surface area contributed by atoms with E-state index in [-0.39, 0.29) is 17.5 Å². The second-order valence-electron chi connectivity index (χ2n) is 7.25. The molecule has 2 aliphatic rings. The van der Waals surface area contributed by atoms with E-state index in [1.807, 2.05) is 13.0 Å². The van der Waals surface area contributed by atoms with Gasteiger partial charge in [0.15, 0.2) is 0 Å². The molecule has 0 spiro atoms. The molecule has 0 aromatic carbocycles. The number of hydrogen-bond acceptors (Lipinski definition) is 4. The maximum Gasteiger partial charge on any atom is 0.333 e. The van der Waals surface area contributed by atoms with Crippen molar-refractivity contribution in [3.05, 3.63) is 60.5 Å². The van der Waals surface area contributed by atoms with Crippen LogP contribution >= 0.6 is 11.3 Å². The molecule has 2 N–H and O–H groups in total. The number of pyridine rings is 1. The zero-order valence-electron chi connectivity index (χ0n) is 14.5. The average Bonchev–Trinajstić information content (AvgIpc) is 3.24. The number of fused-ring (bicyclic) bond motifs is 2. The molecular weight excluding hydrogens is 353 g/mol. The number of halogens is 1. The largest absolute Gasteiger partial charge is 0.333 e. The van der Waals surface area contributed by atoms with Crippen molar-refractivity contribution in [3.8, 4) is 10.4 Å². The van der Waals surface area contributed by atoms with E-state index in [0.29, 0.717) is 22.2 Å². The summed E-state index contributed by atoms with van der Waals surface area (Å²) in [5, 5.41) is 3.38. The lowest BCUT2D eigenvalue weighted by Gasteiger charge is -2.14. The van der Waals surface area contributed by atoms with E-state index in [9.17, 15) is 14.0 Å². The maximum absolute atomic E-state index is 15.0. The Labute approximate surface area is 152 Å². The Kier molecular flexibility index (Phi) is 3.30. The highest BCUT2D eigenvalue weighted by Crippen LogP contribution is 2.44. The summed E-state index contributed by atoms with van der Waals surface area (Å²) in [5.41, 5.74) is 2.61. The zero-order valence-corrected chi connectivity index (χ0v) is 15.3. The topological polar surface area (TPSA) is 66.4 Å². The fraction of sp³-hybridized carbons (Fsp3) is 0.368. The number of thiophene rings is 1. The van der Waals surface area contributed by atoms with E-state index >= 15 is 0 Å². The van der Waals surface area contributed by atoms with Crippen LogP contribution in [0.25, 0.3) is 16.0 Å². The van der Waals surface area contributed by atoms with Gasteiger partial charge in [0, 0.05) is 33.5 Å². The van der Waals surface area contributed by atoms with Gasteiger partial charge in [-0.25, -0.2) is 9.18 Å². The minimum atomic E-state index is -0.588. The van der Waals surface area contributed by atoms with Crippen molar-refractivity contribution < 1.29 is 4.39 Å². The second kappa shape index (κ2) is 5.37. The molecule has 3 aromatic heterocycles. The minimum Gasteiger partial charge on any atom is -0.305 e. The fourth-order valence-electron chi connectivity index (χ4n) is 4.02. The first kappa shape index (κ1) is 16.0. The molecule has 26 heavy (non-hydrogen) atoms. The number of H-pyrrole nitrogens is 1. The highest BCUT2D eigenvalue weighted by atomic mass is 32.1. The SMILES string of the molecule is Cc1c(-c2cc3c(s2)C(C)NC3)c(F)cn2c(=O)[nH]c(=O)c(C3CC3)c12. The molecule has 4 heterocycles. The minimum absolute atomic E-state index is 0.156. The van der Waals surface area contributed by atoms with Crippen molar-refractivity contribution in [3.63, 3.8) is 0 Å². The van der Waals surface area contributed by atoms with Gasteiger partial charge in [0.25, 0.3) is 5.56 Å². The first-order valence-corrected chi connectivity index (χ1v) is 9.61. The normalized spacial score (nSPS) is 19.3. The summed E-state index contributed by atoms with van der Waals surface area (Å²) in [7, 11) is 0. The van der Waals surface area contributed by atoms with Crippen LogP contribution in [0, 0.1) is 12.7 Å². The lowest BCUT2D eigenvalue weighted by molar-refractivity contribution is 0.618. The number of nitrogens with one attached hydrogen (secondary N) is 2. The van der Waals surface area contributed by atoms with Crippen LogP contribution in [0.5, 0.6) is 0 Å². The number of hydrogen-bond donors (Lipinski definition) is 2. The highest BCUT2D eigenvalue weighted by Gasteiger charge is 2.31. The smallest absolute Gasteiger partial charge is 0.305 e. The third kappa shape index (κ3) is 2.17. The number of aryl methyl sites for hydroxylation is 1. The second-order valence-corrected chi connectivity index (χ2v) is 8.33. The molecule has 7 heteroatoms. The number of aromatic nitrogens is 2. The van der Waals surface area contributed by atoms with E-state index in [1.165, 1.54) is 21.0 Å². The van der Waals surface area contributed by atoms with Gasteiger partial charge in [-0.15, -0.1) is 11.3 Å². The maximum atomic E-state index is 15.0. The van der Waals surface area contributed by atoms with Gasteiger partial charge in [0.2, 0.25) is 0 Å². The third-order valence-electron chi connectivity index (χ3n) is 5.46. The molecule has 1 aliphatic heterocycles. The van der Waals surface area contributed by atoms with Gasteiger partial charge in [-0.3, -0.25) is 14.2 Å². The van der Waals surface area contributed by atoms with E-state index in [0.717, 1.165) is 24.3 Å². The molecule has 1 unspecified atom stereocenters. The predicted molar refractivity (Wildman–Crippen MR) is 99.5 cm³/mol. The van der Waals surface area contributed by atoms with Crippen LogP contribution in [0.15, 0.2) is 21.9 Å². The Hall–Kier alpha value is -2.25. The molecule has 1 saturated carbocycles. The number of rotatable bonds is 2. The Balaban J connectivity index is 1.84. The Morgan fingerprint density at radius 1 is 1.31 bits per heavy atom. The molecule has 1 fully saturated rings. The number of aromatic amines is 1. The van der Waals surface area contributed by atoms with E-state index in [1.54, 1.807) is 11.3 Å². The fourth-order valence-corrected chi connectivity index (χ4v) is 5.34. The molecule has 5 nitrogen and oxygen atoms in total. The lowest BCUT2D eigenvalue weighted by atomic mass is 10.0. The van der Waals surface area contributed by atoms with Crippen molar-refractivity contribution in [2.24, 2.45) is 0 Å². The van der Waals surface area contributed by atoms with Crippen LogP contribution in [0.2, 0.25) is 0 Å². The summed E-state index contributed by atoms with van der Waals surface area (Å²) >= 11 is 1.58. The Morgan fingerprint density at radius 2 is 2.08 bits per heavy atom. The Morgan fingerprint density at radius 3 is 2.77 bits per heavy atom. The summed E-state index contributed by atoms with van der Waals surface area (Å²) in [5.74, 6) is -0.282. The van der Waals surface area contributed by atoms with Crippen molar-refractivity contribution in [1.82, 2.24) is 14.7 Å². The molecule has 0 saturated heterocycles. The standard InChI is InChI=1S/C19H18FN3O2S/c1-8-14(13-5-11-6-21-9(2)17(11)26-13)12(20)7-23-16(8)15(10-3-4-10)18(24)22-19(23)25/h5,7,9-10,21H,3-4,6H2,1-2H3,(H,22,24,25). The van der Waals surface area contributed by atoms with Gasteiger partial charge < -0.3 is 5.32 Å². The summed E-state index contributed by atoms with van der Waals surface area (Å²) in [6.07, 6.45) is 3.08. The molecule has 0 amide bonds. The molecule has 3 aromatic rings. The van der Waals surface area contributed by atoms with Gasteiger partial charge in [-0.1, -0.05) is 0 Å². The molecule has 1 aliphatic carbocycles. The van der Waals surface area contributed by atoms with Gasteiger partial charge in [0.05, 0.1) is 11.7 Å². The zero-order chi connectivity index (χ0) is 18.2. The van der Waals surface area contributed by atoms with Crippen molar-refractivity contribution in [2.75, 3.05) is 0 Å². The Bertz CT molecular complexity index is 1190. The predicted octanol–water partition coefficient (Wildman–Crippen LogP) is 3.21. The van der Waals surface area contributed by atoms with Crippen LogP contribution in [0.3, 0.4) is 0 Å². The molecule has 0 radical (unpaired) electrons. The first-order chi connectivity index (χ1) is 12.5. The van der Waals surface area contributed by atoms with Gasteiger partial charge in [0.1, 0.15) is 5.82 Å². The summed E-state index contributed by atoms with van der Waals surface area (Å²) < 4.78 is 16.3. The molecule has 0 bridgehead atoms. The van der Waals surface area contributed by atoms with Crippen LogP contribution in [0.4, 0.5) is 4.39 Å². The van der Waals surface area contributed by atoms with E-state index < -0.39 is 11.5 Å². The third-order valence-corrected chi connectivity index (χ3v) is 6.83. The molecular formula is C19H18FN3O2S. The quantitative estimate of drug-likeness (QED) is 0.727. The van der Waals surface area contributed by atoms with E-state index in [2.05, 4.69) is 17.2 Å². The van der Waals surface area contributed by atoms with Crippen LogP contribution in [-0.2, 0) is 6.54 Å². The molecule has 134 valence electrons. The summed E-state index contributed by atoms with van der Waals surface area (Å²) in [6.45, 7) is 4.69. The summed E-state index contributed by atoms with van der Waals surface area (Å²) in [4.78, 5) is 29.1. The first-order valence-electron chi connectivity index (χ1n) is 8.79. The van der Waals surface area contributed by atoms with Crippen LogP contribution in [0.1, 0.15) is 53.3 Å².